The lowest BCUT2D eigenvalue weighted by Gasteiger charge is -2.06. The number of hydrogen-bond acceptors (Lipinski definition) is 9. The van der Waals surface area contributed by atoms with Gasteiger partial charge < -0.3 is 10.2 Å². The van der Waals surface area contributed by atoms with Gasteiger partial charge in [-0.05, 0) is 23.5 Å². The second-order valence-electron chi connectivity index (χ2n) is 4.77. The molecule has 0 fully saturated rings. The predicted octanol–water partition coefficient (Wildman–Crippen LogP) is 1.29. The zero-order chi connectivity index (χ0) is 18.8. The maximum absolute atomic E-state index is 12.2. The molecule has 0 atom stereocenters. The molecule has 0 unspecified atom stereocenters. The van der Waals surface area contributed by atoms with Gasteiger partial charge in [0.1, 0.15) is 11.9 Å². The van der Waals surface area contributed by atoms with Crippen molar-refractivity contribution in [2.75, 3.05) is 5.32 Å². The van der Waals surface area contributed by atoms with Crippen molar-refractivity contribution in [2.24, 2.45) is 0 Å². The molecule has 132 valence electrons. The molecule has 0 saturated carbocycles. The zero-order valence-corrected chi connectivity index (χ0v) is 13.4. The molecule has 0 saturated heterocycles. The molecule has 0 bridgehead atoms. The van der Waals surface area contributed by atoms with Crippen LogP contribution in [0.3, 0.4) is 0 Å². The number of nitro groups is 1. The molecule has 13 heteroatoms. The molecule has 3 aromatic rings. The Morgan fingerprint density at radius 2 is 2.12 bits per heavy atom. The van der Waals surface area contributed by atoms with E-state index in [2.05, 4.69) is 20.6 Å². The predicted molar refractivity (Wildman–Crippen MR) is 86.7 cm³/mol. The number of benzene rings is 1. The molecule has 0 aliphatic carbocycles. The van der Waals surface area contributed by atoms with Gasteiger partial charge in [-0.15, -0.1) is 5.10 Å². The number of carbonyl (C=O) groups excluding carboxylic acids is 1. The molecule has 1 amide bonds. The minimum Gasteiger partial charge on any atom is -0.507 e. The van der Waals surface area contributed by atoms with Crippen LogP contribution in [0.25, 0.3) is 5.69 Å². The molecule has 2 heterocycles. The Morgan fingerprint density at radius 3 is 2.69 bits per heavy atom. The van der Waals surface area contributed by atoms with Crippen molar-refractivity contribution in [3.63, 3.8) is 0 Å². The minimum absolute atomic E-state index is 0.00699. The van der Waals surface area contributed by atoms with Gasteiger partial charge in [-0.3, -0.25) is 20.2 Å². The summed E-state index contributed by atoms with van der Waals surface area (Å²) in [5.74, 6) is -2.38. The fraction of sp³-hybridized carbons (Fsp3) is 0. The first-order chi connectivity index (χ1) is 12.3. The Hall–Kier alpha value is -3.87. The number of hydrogen-bond donors (Lipinski definition) is 3. The van der Waals surface area contributed by atoms with Crippen molar-refractivity contribution in [2.45, 2.75) is 0 Å². The first-order valence-electron chi connectivity index (χ1n) is 6.76. The molecule has 26 heavy (non-hydrogen) atoms. The van der Waals surface area contributed by atoms with E-state index >= 15 is 0 Å². The number of aromatic nitrogens is 4. The number of carboxylic acid groups (broad SMARTS) is 1. The van der Waals surface area contributed by atoms with E-state index in [1.54, 1.807) is 0 Å². The van der Waals surface area contributed by atoms with Crippen molar-refractivity contribution in [1.82, 2.24) is 20.0 Å². The molecule has 3 N–H and O–H groups in total. The van der Waals surface area contributed by atoms with Crippen molar-refractivity contribution in [1.29, 1.82) is 0 Å². The fourth-order valence-electron chi connectivity index (χ4n) is 1.91. The maximum Gasteiger partial charge on any atom is 0.358 e. The highest BCUT2D eigenvalue weighted by molar-refractivity contribution is 7.18. The van der Waals surface area contributed by atoms with Crippen LogP contribution >= 0.6 is 11.3 Å². The van der Waals surface area contributed by atoms with Crippen LogP contribution in [0.4, 0.5) is 10.1 Å². The van der Waals surface area contributed by atoms with E-state index in [4.69, 9.17) is 5.11 Å². The van der Waals surface area contributed by atoms with Crippen LogP contribution in [0.1, 0.15) is 20.8 Å². The number of aromatic carboxylic acids is 1. The lowest BCUT2D eigenvalue weighted by atomic mass is 10.1. The summed E-state index contributed by atoms with van der Waals surface area (Å²) in [5.41, 5.74) is -0.106. The number of aromatic hydroxyl groups is 1. The van der Waals surface area contributed by atoms with Crippen LogP contribution in [0.5, 0.6) is 5.75 Å². The summed E-state index contributed by atoms with van der Waals surface area (Å²) in [4.78, 5) is 36.7. The van der Waals surface area contributed by atoms with Crippen LogP contribution in [0.15, 0.2) is 30.6 Å². The average Bonchev–Trinajstić information content (AvgIpc) is 3.24. The number of nitrogens with one attached hydrogen (secondary N) is 1. The number of carboxylic acids is 1. The van der Waals surface area contributed by atoms with Gasteiger partial charge in [-0.25, -0.2) is 14.5 Å². The van der Waals surface area contributed by atoms with Crippen LogP contribution in [-0.4, -0.2) is 47.0 Å². The number of phenolic OH excluding ortho intramolecular Hbond substituents is 1. The number of carbonyl (C=O) groups is 2. The van der Waals surface area contributed by atoms with Gasteiger partial charge in [0.15, 0.2) is 10.8 Å². The molecule has 2 aromatic heterocycles. The molecular weight excluding hydrogens is 368 g/mol. The first kappa shape index (κ1) is 17.0. The molecule has 3 rings (SSSR count). The normalized spacial score (nSPS) is 10.5. The summed E-state index contributed by atoms with van der Waals surface area (Å²) in [6, 6.07) is 3.89. The van der Waals surface area contributed by atoms with E-state index in [1.165, 1.54) is 18.2 Å². The third-order valence-electron chi connectivity index (χ3n) is 3.10. The van der Waals surface area contributed by atoms with Gasteiger partial charge in [0.05, 0.1) is 22.4 Å². The van der Waals surface area contributed by atoms with E-state index in [1.807, 2.05) is 0 Å². The molecule has 0 radical (unpaired) electrons. The summed E-state index contributed by atoms with van der Waals surface area (Å²) in [6.07, 6.45) is 2.15. The van der Waals surface area contributed by atoms with E-state index in [9.17, 15) is 24.8 Å². The average molecular weight is 376 g/mol. The Balaban J connectivity index is 1.80. The van der Waals surface area contributed by atoms with Gasteiger partial charge in [0.25, 0.3) is 5.91 Å². The van der Waals surface area contributed by atoms with Gasteiger partial charge in [-0.1, -0.05) is 5.21 Å². The van der Waals surface area contributed by atoms with Gasteiger partial charge >= 0.3 is 11.0 Å². The molecular formula is C13H8N6O6S. The number of amides is 1. The van der Waals surface area contributed by atoms with Crippen molar-refractivity contribution >= 4 is 33.3 Å². The zero-order valence-electron chi connectivity index (χ0n) is 12.6. The van der Waals surface area contributed by atoms with Gasteiger partial charge in [0.2, 0.25) is 0 Å². The molecule has 0 aliphatic rings. The van der Waals surface area contributed by atoms with Gasteiger partial charge in [0, 0.05) is 6.07 Å². The van der Waals surface area contributed by atoms with Crippen LogP contribution in [0, 0.1) is 10.1 Å². The smallest absolute Gasteiger partial charge is 0.358 e. The second kappa shape index (κ2) is 6.56. The topological polar surface area (TPSA) is 173 Å². The summed E-state index contributed by atoms with van der Waals surface area (Å²) in [5, 5.41) is 38.7. The minimum atomic E-state index is -1.26. The molecule has 0 aliphatic heterocycles. The Bertz CT molecular complexity index is 1030. The number of thiazole rings is 1. The van der Waals surface area contributed by atoms with E-state index in [0.29, 0.717) is 11.3 Å². The summed E-state index contributed by atoms with van der Waals surface area (Å²) in [6.45, 7) is 0. The van der Waals surface area contributed by atoms with E-state index in [-0.39, 0.29) is 27.1 Å². The highest BCUT2D eigenvalue weighted by Gasteiger charge is 2.17. The third kappa shape index (κ3) is 3.32. The SMILES string of the molecule is O=C(O)c1cn(-c2ccc(C(=O)Nc3ncc([N+](=O)[O-])s3)c(O)c2)nn1. The third-order valence-corrected chi connectivity index (χ3v) is 3.96. The standard InChI is InChI=1S/C13H8N6O6S/c20-9-3-6(18-5-8(12(22)23)16-17-18)1-2-7(9)11(21)15-13-14-4-10(26-13)19(24)25/h1-5,20H,(H,22,23)(H,14,15,21). The lowest BCUT2D eigenvalue weighted by Crippen LogP contribution is -2.12. The molecule has 12 nitrogen and oxygen atoms in total. The first-order valence-corrected chi connectivity index (χ1v) is 7.57. The number of phenols is 1. The second-order valence-corrected chi connectivity index (χ2v) is 5.78. The van der Waals surface area contributed by atoms with Crippen LogP contribution in [0.2, 0.25) is 0 Å². The molecule has 1 aromatic carbocycles. The van der Waals surface area contributed by atoms with Crippen molar-refractivity contribution < 1.29 is 24.7 Å². The highest BCUT2D eigenvalue weighted by Crippen LogP contribution is 2.27. The largest absolute Gasteiger partial charge is 0.507 e. The summed E-state index contributed by atoms with van der Waals surface area (Å²) in [7, 11) is 0. The number of nitrogens with zero attached hydrogens (tertiary/aromatic N) is 5. The summed E-state index contributed by atoms with van der Waals surface area (Å²) >= 11 is 0.674. The molecule has 0 spiro atoms. The fourth-order valence-corrected chi connectivity index (χ4v) is 2.54. The van der Waals surface area contributed by atoms with Crippen LogP contribution < -0.4 is 5.32 Å². The Kier molecular flexibility index (Phi) is 4.28. The van der Waals surface area contributed by atoms with Crippen molar-refractivity contribution in [3.05, 3.63) is 52.0 Å². The quantitative estimate of drug-likeness (QED) is 0.438. The van der Waals surface area contributed by atoms with Crippen molar-refractivity contribution in [3.8, 4) is 11.4 Å². The van der Waals surface area contributed by atoms with E-state index in [0.717, 1.165) is 17.1 Å². The van der Waals surface area contributed by atoms with Gasteiger partial charge in [-0.2, -0.15) is 0 Å². The Labute approximate surface area is 147 Å². The van der Waals surface area contributed by atoms with E-state index < -0.39 is 22.5 Å². The number of anilines is 1. The highest BCUT2D eigenvalue weighted by atomic mass is 32.1. The monoisotopic (exact) mass is 376 g/mol. The van der Waals surface area contributed by atoms with Crippen LogP contribution in [-0.2, 0) is 0 Å². The summed E-state index contributed by atoms with van der Waals surface area (Å²) < 4.78 is 1.12. The number of rotatable bonds is 5. The Morgan fingerprint density at radius 1 is 1.35 bits per heavy atom. The maximum atomic E-state index is 12.2. The lowest BCUT2D eigenvalue weighted by molar-refractivity contribution is -0.380.